The van der Waals surface area contributed by atoms with Gasteiger partial charge in [0, 0.05) is 8.59 Å². The molecule has 0 bridgehead atoms. The molecule has 0 spiro atoms. The second-order valence-electron chi connectivity index (χ2n) is 6.71. The first-order valence-electron chi connectivity index (χ1n) is 9.20. The third-order valence-electron chi connectivity index (χ3n) is 4.52. The third kappa shape index (κ3) is 5.11. The normalized spacial score (nSPS) is 14.8. The predicted octanol–water partition coefficient (Wildman–Crippen LogP) is 6.38. The SMILES string of the molecule is O=C1N/C(=C/c2ccc(OCc3ccc(I)cc3)c(Br)c2)C(=O)N1c1cccc(Cl)c1. The van der Waals surface area contributed by atoms with Crippen molar-refractivity contribution in [2.45, 2.75) is 6.61 Å². The minimum Gasteiger partial charge on any atom is -0.488 e. The van der Waals surface area contributed by atoms with Gasteiger partial charge in [0.15, 0.2) is 0 Å². The molecule has 5 nitrogen and oxygen atoms in total. The first-order chi connectivity index (χ1) is 14.9. The van der Waals surface area contributed by atoms with E-state index >= 15 is 0 Å². The molecule has 31 heavy (non-hydrogen) atoms. The molecular weight excluding hydrogens is 595 g/mol. The molecule has 156 valence electrons. The third-order valence-corrected chi connectivity index (χ3v) is 6.09. The van der Waals surface area contributed by atoms with Crippen LogP contribution in [0.15, 0.2) is 76.9 Å². The minimum atomic E-state index is -0.518. The number of hydrogen-bond donors (Lipinski definition) is 1. The van der Waals surface area contributed by atoms with E-state index < -0.39 is 11.9 Å². The molecule has 3 aromatic carbocycles. The lowest BCUT2D eigenvalue weighted by molar-refractivity contribution is -0.113. The zero-order valence-electron chi connectivity index (χ0n) is 15.9. The number of carbonyl (C=O) groups is 2. The average molecular weight is 610 g/mol. The number of nitrogens with one attached hydrogen (secondary N) is 1. The number of halogens is 3. The number of benzene rings is 3. The van der Waals surface area contributed by atoms with Crippen LogP contribution in [-0.4, -0.2) is 11.9 Å². The van der Waals surface area contributed by atoms with Crippen molar-refractivity contribution in [3.63, 3.8) is 0 Å². The summed E-state index contributed by atoms with van der Waals surface area (Å²) in [7, 11) is 0. The summed E-state index contributed by atoms with van der Waals surface area (Å²) in [6, 6.07) is 19.6. The van der Waals surface area contributed by atoms with E-state index in [-0.39, 0.29) is 5.70 Å². The van der Waals surface area contributed by atoms with Gasteiger partial charge in [0.2, 0.25) is 0 Å². The number of nitrogens with zero attached hydrogens (tertiary/aromatic N) is 1. The van der Waals surface area contributed by atoms with Crippen molar-refractivity contribution >= 4 is 73.8 Å². The smallest absolute Gasteiger partial charge is 0.333 e. The van der Waals surface area contributed by atoms with Gasteiger partial charge in [-0.3, -0.25) is 4.79 Å². The second-order valence-corrected chi connectivity index (χ2v) is 9.25. The number of carbonyl (C=O) groups excluding carboxylic acids is 2. The van der Waals surface area contributed by atoms with Crippen molar-refractivity contribution in [2.75, 3.05) is 4.90 Å². The molecule has 1 fully saturated rings. The van der Waals surface area contributed by atoms with Crippen LogP contribution in [0.3, 0.4) is 0 Å². The van der Waals surface area contributed by atoms with Gasteiger partial charge in [0.05, 0.1) is 10.2 Å². The van der Waals surface area contributed by atoms with Crippen LogP contribution in [0.25, 0.3) is 6.08 Å². The van der Waals surface area contributed by atoms with Gasteiger partial charge in [-0.25, -0.2) is 9.69 Å². The van der Waals surface area contributed by atoms with Crippen molar-refractivity contribution in [1.29, 1.82) is 0 Å². The molecule has 1 heterocycles. The topological polar surface area (TPSA) is 58.6 Å². The first kappa shape index (κ1) is 21.9. The number of ether oxygens (including phenoxy) is 1. The summed E-state index contributed by atoms with van der Waals surface area (Å²) in [6.07, 6.45) is 1.62. The van der Waals surface area contributed by atoms with Gasteiger partial charge in [-0.2, -0.15) is 0 Å². The van der Waals surface area contributed by atoms with Gasteiger partial charge in [0.1, 0.15) is 18.1 Å². The molecule has 0 radical (unpaired) electrons. The summed E-state index contributed by atoms with van der Waals surface area (Å²) in [6.45, 7) is 0.444. The van der Waals surface area contributed by atoms with E-state index in [9.17, 15) is 9.59 Å². The summed E-state index contributed by atoms with van der Waals surface area (Å²) in [5, 5.41) is 3.06. The minimum absolute atomic E-state index is 0.185. The second kappa shape index (κ2) is 9.42. The maximum atomic E-state index is 12.8. The van der Waals surface area contributed by atoms with Crippen LogP contribution in [0, 0.1) is 3.57 Å². The Kier molecular flexibility index (Phi) is 6.64. The Hall–Kier alpha value is -2.36. The molecule has 0 saturated carbocycles. The molecule has 3 aromatic rings. The fourth-order valence-electron chi connectivity index (χ4n) is 3.02. The van der Waals surface area contributed by atoms with Crippen LogP contribution in [0.4, 0.5) is 10.5 Å². The maximum absolute atomic E-state index is 12.8. The van der Waals surface area contributed by atoms with E-state index in [1.165, 1.54) is 3.57 Å². The highest BCUT2D eigenvalue weighted by Crippen LogP contribution is 2.29. The van der Waals surface area contributed by atoms with E-state index in [1.807, 2.05) is 42.5 Å². The van der Waals surface area contributed by atoms with Crippen molar-refractivity contribution in [3.05, 3.63) is 96.6 Å². The fraction of sp³-hybridized carbons (Fsp3) is 0.0435. The highest BCUT2D eigenvalue weighted by molar-refractivity contribution is 14.1. The van der Waals surface area contributed by atoms with Gasteiger partial charge in [-0.05, 0) is 98.2 Å². The van der Waals surface area contributed by atoms with Gasteiger partial charge < -0.3 is 10.1 Å². The molecule has 4 rings (SSSR count). The Morgan fingerprint density at radius 3 is 2.55 bits per heavy atom. The van der Waals surface area contributed by atoms with E-state index in [1.54, 1.807) is 30.3 Å². The zero-order valence-corrected chi connectivity index (χ0v) is 20.4. The standard InChI is InChI=1S/C23H15BrClIN2O3/c24-19-10-15(6-9-21(19)31-13-14-4-7-17(26)8-5-14)11-20-22(29)28(23(30)27-20)18-3-1-2-16(25)12-18/h1-12H,13H2,(H,27,30)/b20-11+. The molecule has 1 aliphatic rings. The number of urea groups is 1. The van der Waals surface area contributed by atoms with Crippen molar-refractivity contribution in [3.8, 4) is 5.75 Å². The van der Waals surface area contributed by atoms with E-state index in [4.69, 9.17) is 16.3 Å². The molecule has 0 unspecified atom stereocenters. The van der Waals surface area contributed by atoms with Gasteiger partial charge >= 0.3 is 6.03 Å². The predicted molar refractivity (Wildman–Crippen MR) is 133 cm³/mol. The monoisotopic (exact) mass is 608 g/mol. The largest absolute Gasteiger partial charge is 0.488 e. The molecular formula is C23H15BrClIN2O3. The van der Waals surface area contributed by atoms with Gasteiger partial charge in [0.25, 0.3) is 5.91 Å². The lowest BCUT2D eigenvalue weighted by Crippen LogP contribution is -2.30. The molecule has 0 atom stereocenters. The summed E-state index contributed by atoms with van der Waals surface area (Å²) >= 11 is 11.8. The fourth-order valence-corrected chi connectivity index (χ4v) is 4.07. The van der Waals surface area contributed by atoms with Gasteiger partial charge in [-0.1, -0.05) is 35.9 Å². The summed E-state index contributed by atoms with van der Waals surface area (Å²) in [4.78, 5) is 26.2. The van der Waals surface area contributed by atoms with Crippen LogP contribution in [0.5, 0.6) is 5.75 Å². The molecule has 8 heteroatoms. The highest BCUT2D eigenvalue weighted by atomic mass is 127. The molecule has 1 N–H and O–H groups in total. The Bertz CT molecular complexity index is 1200. The summed E-state index contributed by atoms with van der Waals surface area (Å²) in [5.41, 5.74) is 2.41. The number of anilines is 1. The Morgan fingerprint density at radius 1 is 1.06 bits per heavy atom. The molecule has 1 aliphatic heterocycles. The van der Waals surface area contributed by atoms with Crippen LogP contribution in [-0.2, 0) is 11.4 Å². The summed E-state index contributed by atoms with van der Waals surface area (Å²) < 4.78 is 7.80. The van der Waals surface area contributed by atoms with Crippen LogP contribution in [0.1, 0.15) is 11.1 Å². The van der Waals surface area contributed by atoms with Crippen molar-refractivity contribution < 1.29 is 14.3 Å². The molecule has 0 aromatic heterocycles. The first-order valence-corrected chi connectivity index (χ1v) is 11.5. The van der Waals surface area contributed by atoms with Crippen molar-refractivity contribution in [1.82, 2.24) is 5.32 Å². The molecule has 3 amide bonds. The van der Waals surface area contributed by atoms with Crippen LogP contribution in [0.2, 0.25) is 5.02 Å². The van der Waals surface area contributed by atoms with Gasteiger partial charge in [-0.15, -0.1) is 0 Å². The lowest BCUT2D eigenvalue weighted by Gasteiger charge is -2.11. The maximum Gasteiger partial charge on any atom is 0.333 e. The average Bonchev–Trinajstić information content (AvgIpc) is 3.01. The van der Waals surface area contributed by atoms with Crippen molar-refractivity contribution in [2.24, 2.45) is 0 Å². The summed E-state index contributed by atoms with van der Waals surface area (Å²) in [5.74, 6) is 0.241. The lowest BCUT2D eigenvalue weighted by atomic mass is 10.1. The Labute approximate surface area is 206 Å². The molecule has 0 aliphatic carbocycles. The number of imide groups is 1. The Balaban J connectivity index is 1.49. The number of rotatable bonds is 5. The quantitative estimate of drug-likeness (QED) is 0.208. The van der Waals surface area contributed by atoms with E-state index in [0.717, 1.165) is 20.5 Å². The number of amides is 3. The van der Waals surface area contributed by atoms with E-state index in [2.05, 4.69) is 43.8 Å². The highest BCUT2D eigenvalue weighted by Gasteiger charge is 2.34. The number of hydrogen-bond acceptors (Lipinski definition) is 3. The molecule has 1 saturated heterocycles. The van der Waals surface area contributed by atoms with Crippen LogP contribution < -0.4 is 15.0 Å². The Morgan fingerprint density at radius 2 is 1.84 bits per heavy atom. The van der Waals surface area contributed by atoms with E-state index in [0.29, 0.717) is 23.1 Å². The zero-order chi connectivity index (χ0) is 22.0. The van der Waals surface area contributed by atoms with Crippen LogP contribution >= 0.6 is 50.1 Å².